The molecule has 7 heteroatoms. The standard InChI is InChI=1S/C23H29FN2O4/c1-6-26(15-17-9-12-20(29-5)19(24)13-17)21(27)18-10-7-16(8-11-18)14-25-22(28)30-23(2,3)4/h7-13H,6,14-15H2,1-5H3,(H,25,28). The summed E-state index contributed by atoms with van der Waals surface area (Å²) in [4.78, 5) is 26.2. The smallest absolute Gasteiger partial charge is 0.407 e. The third-order valence-electron chi connectivity index (χ3n) is 4.30. The van der Waals surface area contributed by atoms with Crippen molar-refractivity contribution in [2.75, 3.05) is 13.7 Å². The molecule has 0 unspecified atom stereocenters. The number of ether oxygens (including phenoxy) is 2. The van der Waals surface area contributed by atoms with E-state index in [1.54, 1.807) is 62.1 Å². The normalized spacial score (nSPS) is 11.0. The molecule has 0 aliphatic carbocycles. The number of benzene rings is 2. The second-order valence-electron chi connectivity index (χ2n) is 7.84. The molecule has 2 amide bonds. The van der Waals surface area contributed by atoms with Crippen molar-refractivity contribution < 1.29 is 23.5 Å². The SMILES string of the molecule is CCN(Cc1ccc(OC)c(F)c1)C(=O)c1ccc(CNC(=O)OC(C)(C)C)cc1. The first-order chi connectivity index (χ1) is 14.1. The van der Waals surface area contributed by atoms with Crippen LogP contribution in [0, 0.1) is 5.82 Å². The van der Waals surface area contributed by atoms with Crippen LogP contribution in [-0.4, -0.2) is 36.2 Å². The third-order valence-corrected chi connectivity index (χ3v) is 4.30. The number of hydrogen-bond donors (Lipinski definition) is 1. The minimum absolute atomic E-state index is 0.152. The second kappa shape index (κ2) is 10.1. The maximum absolute atomic E-state index is 13.9. The van der Waals surface area contributed by atoms with Gasteiger partial charge >= 0.3 is 6.09 Å². The molecule has 0 aliphatic rings. The summed E-state index contributed by atoms with van der Waals surface area (Å²) in [5.41, 5.74) is 1.49. The van der Waals surface area contributed by atoms with E-state index in [1.165, 1.54) is 13.2 Å². The molecule has 0 heterocycles. The molecule has 0 aliphatic heterocycles. The third kappa shape index (κ3) is 6.76. The van der Waals surface area contributed by atoms with Crippen LogP contribution in [0.1, 0.15) is 49.2 Å². The monoisotopic (exact) mass is 416 g/mol. The number of carbonyl (C=O) groups excluding carboxylic acids is 2. The number of nitrogens with one attached hydrogen (secondary N) is 1. The highest BCUT2D eigenvalue weighted by Crippen LogP contribution is 2.19. The molecule has 1 N–H and O–H groups in total. The highest BCUT2D eigenvalue weighted by Gasteiger charge is 2.17. The highest BCUT2D eigenvalue weighted by molar-refractivity contribution is 5.94. The lowest BCUT2D eigenvalue weighted by atomic mass is 10.1. The lowest BCUT2D eigenvalue weighted by Crippen LogP contribution is -2.32. The van der Waals surface area contributed by atoms with E-state index in [1.807, 2.05) is 6.92 Å². The van der Waals surface area contributed by atoms with Gasteiger partial charge in [0.05, 0.1) is 7.11 Å². The number of hydrogen-bond acceptors (Lipinski definition) is 4. The Morgan fingerprint density at radius 1 is 1.07 bits per heavy atom. The largest absolute Gasteiger partial charge is 0.494 e. The summed E-state index contributed by atoms with van der Waals surface area (Å²) < 4.78 is 24.1. The molecule has 0 bridgehead atoms. The van der Waals surface area contributed by atoms with Gasteiger partial charge in [0.1, 0.15) is 5.60 Å². The number of carbonyl (C=O) groups is 2. The Balaban J connectivity index is 1.99. The fourth-order valence-corrected chi connectivity index (χ4v) is 2.79. The van der Waals surface area contributed by atoms with Crippen LogP contribution in [0.3, 0.4) is 0 Å². The number of nitrogens with zero attached hydrogens (tertiary/aromatic N) is 1. The van der Waals surface area contributed by atoms with Gasteiger partial charge in [0.2, 0.25) is 0 Å². The van der Waals surface area contributed by atoms with Crippen molar-refractivity contribution in [2.24, 2.45) is 0 Å². The lowest BCUT2D eigenvalue weighted by molar-refractivity contribution is 0.0523. The predicted molar refractivity (Wildman–Crippen MR) is 113 cm³/mol. The van der Waals surface area contributed by atoms with Gasteiger partial charge in [0.15, 0.2) is 11.6 Å². The van der Waals surface area contributed by atoms with Gasteiger partial charge in [-0.25, -0.2) is 9.18 Å². The highest BCUT2D eigenvalue weighted by atomic mass is 19.1. The van der Waals surface area contributed by atoms with Crippen molar-refractivity contribution in [1.82, 2.24) is 10.2 Å². The molecule has 2 aromatic rings. The molecule has 30 heavy (non-hydrogen) atoms. The molecule has 2 aromatic carbocycles. The Bertz CT molecular complexity index is 876. The van der Waals surface area contributed by atoms with E-state index < -0.39 is 17.5 Å². The molecular weight excluding hydrogens is 387 g/mol. The molecule has 0 spiro atoms. The Kier molecular flexibility index (Phi) is 7.80. The van der Waals surface area contributed by atoms with E-state index in [9.17, 15) is 14.0 Å². The molecule has 0 saturated carbocycles. The van der Waals surface area contributed by atoms with Crippen LogP contribution in [0.2, 0.25) is 0 Å². The molecule has 6 nitrogen and oxygen atoms in total. The van der Waals surface area contributed by atoms with Gasteiger partial charge in [-0.15, -0.1) is 0 Å². The van der Waals surface area contributed by atoms with Crippen LogP contribution in [0.4, 0.5) is 9.18 Å². The second-order valence-corrected chi connectivity index (χ2v) is 7.84. The van der Waals surface area contributed by atoms with E-state index >= 15 is 0 Å². The van der Waals surface area contributed by atoms with Gasteiger partial charge in [0, 0.05) is 25.2 Å². The van der Waals surface area contributed by atoms with E-state index in [2.05, 4.69) is 5.32 Å². The Morgan fingerprint density at radius 2 is 1.70 bits per heavy atom. The van der Waals surface area contributed by atoms with E-state index in [-0.39, 0.29) is 18.2 Å². The van der Waals surface area contributed by atoms with Gasteiger partial charge in [-0.2, -0.15) is 0 Å². The van der Waals surface area contributed by atoms with Crippen LogP contribution in [0.25, 0.3) is 0 Å². The average Bonchev–Trinajstić information content (AvgIpc) is 2.69. The van der Waals surface area contributed by atoms with Crippen LogP contribution >= 0.6 is 0 Å². The lowest BCUT2D eigenvalue weighted by Gasteiger charge is -2.21. The van der Waals surface area contributed by atoms with Gasteiger partial charge < -0.3 is 19.7 Å². The summed E-state index contributed by atoms with van der Waals surface area (Å²) in [6.45, 7) is 8.34. The quantitative estimate of drug-likeness (QED) is 0.721. The van der Waals surface area contributed by atoms with E-state index in [0.717, 1.165) is 5.56 Å². The molecule has 162 valence electrons. The summed E-state index contributed by atoms with van der Waals surface area (Å²) >= 11 is 0. The molecule has 0 atom stereocenters. The Labute approximate surface area is 177 Å². The summed E-state index contributed by atoms with van der Waals surface area (Å²) in [6, 6.07) is 11.7. The van der Waals surface area contributed by atoms with Gasteiger partial charge in [-0.1, -0.05) is 18.2 Å². The Hall–Kier alpha value is -3.09. The fraction of sp³-hybridized carbons (Fsp3) is 0.391. The molecule has 0 radical (unpaired) electrons. The predicted octanol–water partition coefficient (Wildman–Crippen LogP) is 4.52. The number of halogens is 1. The number of alkyl carbamates (subject to hydrolysis) is 1. The van der Waals surface area contributed by atoms with Crippen LogP contribution in [0.5, 0.6) is 5.75 Å². The molecule has 0 aromatic heterocycles. The maximum Gasteiger partial charge on any atom is 0.407 e. The summed E-state index contributed by atoms with van der Waals surface area (Å²) in [7, 11) is 1.41. The molecule has 2 rings (SSSR count). The van der Waals surface area contributed by atoms with Crippen molar-refractivity contribution in [1.29, 1.82) is 0 Å². The average molecular weight is 416 g/mol. The zero-order valence-electron chi connectivity index (χ0n) is 18.1. The minimum atomic E-state index is -0.559. The molecule has 0 fully saturated rings. The first-order valence-electron chi connectivity index (χ1n) is 9.80. The number of rotatable bonds is 7. The van der Waals surface area contributed by atoms with Crippen LogP contribution < -0.4 is 10.1 Å². The first kappa shape index (κ1) is 23.2. The topological polar surface area (TPSA) is 67.9 Å². The fourth-order valence-electron chi connectivity index (χ4n) is 2.79. The zero-order chi connectivity index (χ0) is 22.3. The van der Waals surface area contributed by atoms with Crippen molar-refractivity contribution >= 4 is 12.0 Å². The summed E-state index contributed by atoms with van der Waals surface area (Å²) in [6.07, 6.45) is -0.494. The molecular formula is C23H29FN2O4. The maximum atomic E-state index is 13.9. The van der Waals surface area contributed by atoms with Gasteiger partial charge in [0.25, 0.3) is 5.91 Å². The van der Waals surface area contributed by atoms with Crippen LogP contribution in [-0.2, 0) is 17.8 Å². The van der Waals surface area contributed by atoms with Crippen molar-refractivity contribution in [3.63, 3.8) is 0 Å². The van der Waals surface area contributed by atoms with Crippen molar-refractivity contribution in [3.8, 4) is 5.75 Å². The van der Waals surface area contributed by atoms with Gasteiger partial charge in [-0.3, -0.25) is 4.79 Å². The number of amides is 2. The van der Waals surface area contributed by atoms with Crippen molar-refractivity contribution in [2.45, 2.75) is 46.4 Å². The van der Waals surface area contributed by atoms with E-state index in [4.69, 9.17) is 9.47 Å². The molecule has 0 saturated heterocycles. The zero-order valence-corrected chi connectivity index (χ0v) is 18.1. The first-order valence-corrected chi connectivity index (χ1v) is 9.80. The van der Waals surface area contributed by atoms with E-state index in [0.29, 0.717) is 24.2 Å². The Morgan fingerprint density at radius 3 is 2.23 bits per heavy atom. The minimum Gasteiger partial charge on any atom is -0.494 e. The van der Waals surface area contributed by atoms with Gasteiger partial charge in [-0.05, 0) is 63.1 Å². The van der Waals surface area contributed by atoms with Crippen LogP contribution in [0.15, 0.2) is 42.5 Å². The number of methoxy groups -OCH3 is 1. The summed E-state index contributed by atoms with van der Waals surface area (Å²) in [5, 5.41) is 2.68. The summed E-state index contributed by atoms with van der Waals surface area (Å²) in [5.74, 6) is -0.440. The van der Waals surface area contributed by atoms with Crippen molar-refractivity contribution in [3.05, 3.63) is 65.0 Å².